The van der Waals surface area contributed by atoms with E-state index in [1.165, 1.54) is 11.8 Å². The van der Waals surface area contributed by atoms with Gasteiger partial charge in [0.15, 0.2) is 0 Å². The zero-order valence-electron chi connectivity index (χ0n) is 9.99. The molecule has 0 saturated carbocycles. The van der Waals surface area contributed by atoms with Crippen LogP contribution in [0.5, 0.6) is 5.75 Å². The van der Waals surface area contributed by atoms with E-state index in [1.54, 1.807) is 24.9 Å². The Bertz CT molecular complexity index is 589. The molecule has 1 aromatic carbocycles. The maximum Gasteiger partial charge on any atom is 0.209 e. The Morgan fingerprint density at radius 1 is 1.50 bits per heavy atom. The molecule has 0 bridgehead atoms. The number of thioether (sulfide) groups is 1. The van der Waals surface area contributed by atoms with Crippen LogP contribution < -0.4 is 4.74 Å². The molecule has 1 heterocycles. The fourth-order valence-corrected chi connectivity index (χ4v) is 2.22. The summed E-state index contributed by atoms with van der Waals surface area (Å²) >= 11 is 1.52. The number of nitriles is 1. The Labute approximate surface area is 109 Å². The van der Waals surface area contributed by atoms with Crippen molar-refractivity contribution in [3.63, 3.8) is 0 Å². The maximum atomic E-state index is 9.00. The number of nitrogens with zero attached hydrogens (tertiary/aromatic N) is 5. The maximum absolute atomic E-state index is 9.00. The Morgan fingerprint density at radius 3 is 2.94 bits per heavy atom. The van der Waals surface area contributed by atoms with Gasteiger partial charge in [0.05, 0.1) is 12.7 Å². The van der Waals surface area contributed by atoms with Crippen molar-refractivity contribution in [2.45, 2.75) is 10.9 Å². The first-order valence-corrected chi connectivity index (χ1v) is 6.15. The quantitative estimate of drug-likeness (QED) is 0.774. The van der Waals surface area contributed by atoms with E-state index in [1.807, 2.05) is 12.1 Å². The molecule has 0 fully saturated rings. The van der Waals surface area contributed by atoms with Crippen molar-refractivity contribution in [3.8, 4) is 11.8 Å². The van der Waals surface area contributed by atoms with Crippen LogP contribution in [0, 0.1) is 11.3 Å². The summed E-state index contributed by atoms with van der Waals surface area (Å²) in [6, 6.07) is 7.65. The fourth-order valence-electron chi connectivity index (χ4n) is 1.42. The Morgan fingerprint density at radius 2 is 2.33 bits per heavy atom. The molecule has 2 aromatic rings. The van der Waals surface area contributed by atoms with E-state index in [-0.39, 0.29) is 0 Å². The monoisotopic (exact) mass is 261 g/mol. The average Bonchev–Trinajstić information content (AvgIpc) is 2.81. The molecule has 0 N–H and O–H groups in total. The molecule has 0 spiro atoms. The van der Waals surface area contributed by atoms with Gasteiger partial charge in [-0.3, -0.25) is 0 Å². The molecular weight excluding hydrogens is 250 g/mol. The molecule has 0 unspecified atom stereocenters. The van der Waals surface area contributed by atoms with E-state index >= 15 is 0 Å². The average molecular weight is 261 g/mol. The highest BCUT2D eigenvalue weighted by molar-refractivity contribution is 7.98. The van der Waals surface area contributed by atoms with Crippen LogP contribution in [0.15, 0.2) is 23.4 Å². The van der Waals surface area contributed by atoms with Crippen molar-refractivity contribution in [1.29, 1.82) is 5.26 Å². The minimum absolute atomic E-state index is 0.534. The summed E-state index contributed by atoms with van der Waals surface area (Å²) in [6.07, 6.45) is 0. The topological polar surface area (TPSA) is 76.6 Å². The standard InChI is InChI=1S/C11H11N5OS/c1-16-11(13-14-15-16)18-7-8-3-4-10(17-2)9(5-8)6-12/h3-5H,7H2,1-2H3. The van der Waals surface area contributed by atoms with Crippen LogP contribution in [0.1, 0.15) is 11.1 Å². The summed E-state index contributed by atoms with van der Waals surface area (Å²) in [4.78, 5) is 0. The Balaban J connectivity index is 2.11. The summed E-state index contributed by atoms with van der Waals surface area (Å²) in [6.45, 7) is 0. The van der Waals surface area contributed by atoms with Crippen molar-refractivity contribution in [2.24, 2.45) is 7.05 Å². The fraction of sp³-hybridized carbons (Fsp3) is 0.273. The van der Waals surface area contributed by atoms with Gasteiger partial charge in [-0.2, -0.15) is 5.26 Å². The summed E-state index contributed by atoms with van der Waals surface area (Å²) in [5, 5.41) is 20.9. The third-order valence-corrected chi connectivity index (χ3v) is 3.42. The minimum Gasteiger partial charge on any atom is -0.495 e. The highest BCUT2D eigenvalue weighted by Crippen LogP contribution is 2.24. The van der Waals surface area contributed by atoms with Gasteiger partial charge in [0.25, 0.3) is 0 Å². The molecule has 7 heteroatoms. The van der Waals surface area contributed by atoms with Gasteiger partial charge in [-0.25, -0.2) is 4.68 Å². The molecule has 0 aliphatic carbocycles. The second-order valence-corrected chi connectivity index (χ2v) is 4.46. The lowest BCUT2D eigenvalue weighted by molar-refractivity contribution is 0.413. The largest absolute Gasteiger partial charge is 0.495 e. The van der Waals surface area contributed by atoms with Crippen molar-refractivity contribution in [1.82, 2.24) is 20.2 Å². The Hall–Kier alpha value is -2.07. The van der Waals surface area contributed by atoms with Gasteiger partial charge in [0, 0.05) is 12.8 Å². The Kier molecular flexibility index (Phi) is 3.79. The molecule has 18 heavy (non-hydrogen) atoms. The SMILES string of the molecule is COc1ccc(CSc2nnnn2C)cc1C#N. The van der Waals surface area contributed by atoms with Gasteiger partial charge < -0.3 is 4.74 Å². The van der Waals surface area contributed by atoms with Gasteiger partial charge in [-0.1, -0.05) is 17.8 Å². The number of aromatic nitrogens is 4. The van der Waals surface area contributed by atoms with Crippen LogP contribution in [0.3, 0.4) is 0 Å². The minimum atomic E-state index is 0.534. The highest BCUT2D eigenvalue weighted by atomic mass is 32.2. The highest BCUT2D eigenvalue weighted by Gasteiger charge is 2.06. The lowest BCUT2D eigenvalue weighted by Gasteiger charge is -2.05. The first-order valence-electron chi connectivity index (χ1n) is 5.16. The molecule has 92 valence electrons. The van der Waals surface area contributed by atoms with Crippen LogP contribution in [0.2, 0.25) is 0 Å². The summed E-state index contributed by atoms with van der Waals surface area (Å²) in [7, 11) is 3.34. The molecule has 2 rings (SSSR count). The number of hydrogen-bond donors (Lipinski definition) is 0. The van der Waals surface area contributed by atoms with Crippen LogP contribution in [0.4, 0.5) is 0 Å². The van der Waals surface area contributed by atoms with Crippen molar-refractivity contribution >= 4 is 11.8 Å². The van der Waals surface area contributed by atoms with Crippen LogP contribution in [0.25, 0.3) is 0 Å². The van der Waals surface area contributed by atoms with Gasteiger partial charge in [-0.05, 0) is 28.1 Å². The smallest absolute Gasteiger partial charge is 0.209 e. The number of tetrazole rings is 1. The van der Waals surface area contributed by atoms with Gasteiger partial charge in [0.2, 0.25) is 5.16 Å². The summed E-state index contributed by atoms with van der Waals surface area (Å²) in [5.74, 6) is 1.29. The number of methoxy groups -OCH3 is 1. The lowest BCUT2D eigenvalue weighted by atomic mass is 10.1. The van der Waals surface area contributed by atoms with Crippen molar-refractivity contribution in [3.05, 3.63) is 29.3 Å². The predicted molar refractivity (Wildman–Crippen MR) is 66.1 cm³/mol. The molecule has 0 radical (unpaired) electrons. The summed E-state index contributed by atoms with van der Waals surface area (Å²) < 4.78 is 6.71. The second kappa shape index (κ2) is 5.51. The van der Waals surface area contributed by atoms with E-state index in [2.05, 4.69) is 21.6 Å². The molecule has 0 atom stereocenters. The van der Waals surface area contributed by atoms with Crippen LogP contribution in [-0.2, 0) is 12.8 Å². The molecular formula is C11H11N5OS. The zero-order valence-corrected chi connectivity index (χ0v) is 10.8. The van der Waals surface area contributed by atoms with E-state index in [9.17, 15) is 0 Å². The first kappa shape index (κ1) is 12.4. The third kappa shape index (κ3) is 2.60. The molecule has 0 aliphatic rings. The molecule has 0 aliphatic heterocycles. The summed E-state index contributed by atoms with van der Waals surface area (Å²) in [5.41, 5.74) is 1.56. The number of aryl methyl sites for hydroxylation is 1. The van der Waals surface area contributed by atoms with Crippen molar-refractivity contribution in [2.75, 3.05) is 7.11 Å². The second-order valence-electron chi connectivity index (χ2n) is 3.52. The number of ether oxygens (including phenoxy) is 1. The van der Waals surface area contributed by atoms with E-state index in [0.717, 1.165) is 10.7 Å². The lowest BCUT2D eigenvalue weighted by Crippen LogP contribution is -1.94. The van der Waals surface area contributed by atoms with Gasteiger partial charge >= 0.3 is 0 Å². The van der Waals surface area contributed by atoms with Gasteiger partial charge in [0.1, 0.15) is 11.8 Å². The molecule has 0 amide bonds. The van der Waals surface area contributed by atoms with Crippen molar-refractivity contribution < 1.29 is 4.74 Å². The van der Waals surface area contributed by atoms with E-state index in [0.29, 0.717) is 17.1 Å². The van der Waals surface area contributed by atoms with Gasteiger partial charge in [-0.15, -0.1) is 5.10 Å². The zero-order chi connectivity index (χ0) is 13.0. The number of benzene rings is 1. The van der Waals surface area contributed by atoms with Crippen LogP contribution in [-0.4, -0.2) is 27.3 Å². The number of rotatable bonds is 4. The number of hydrogen-bond acceptors (Lipinski definition) is 6. The molecule has 1 aromatic heterocycles. The molecule has 6 nitrogen and oxygen atoms in total. The normalized spacial score (nSPS) is 10.1. The van der Waals surface area contributed by atoms with E-state index < -0.39 is 0 Å². The first-order chi connectivity index (χ1) is 8.74. The predicted octanol–water partition coefficient (Wildman–Crippen LogP) is 1.38. The van der Waals surface area contributed by atoms with E-state index in [4.69, 9.17) is 10.00 Å². The third-order valence-electron chi connectivity index (χ3n) is 2.33. The molecule has 0 saturated heterocycles. The van der Waals surface area contributed by atoms with Crippen LogP contribution >= 0.6 is 11.8 Å².